The number of ketones is 3. The number of aryl methyl sites for hydroxylation is 5. The van der Waals surface area contributed by atoms with Gasteiger partial charge in [0.15, 0.2) is 11.6 Å². The van der Waals surface area contributed by atoms with E-state index in [0.29, 0.717) is 12.2 Å². The molecule has 10 rings (SSSR count). The Morgan fingerprint density at radius 2 is 1.11 bits per heavy atom. The first-order valence-corrected chi connectivity index (χ1v) is 27.0. The summed E-state index contributed by atoms with van der Waals surface area (Å²) in [5.74, 6) is 1.80. The first-order valence-electron chi connectivity index (χ1n) is 27.0. The van der Waals surface area contributed by atoms with Gasteiger partial charge in [-0.3, -0.25) is 14.4 Å². The van der Waals surface area contributed by atoms with Crippen LogP contribution in [0.3, 0.4) is 0 Å². The molecule has 3 aromatic rings. The molecule has 374 valence electrons. The Kier molecular flexibility index (Phi) is 13.7. The van der Waals surface area contributed by atoms with Crippen LogP contribution in [0.5, 0.6) is 5.75 Å². The van der Waals surface area contributed by atoms with Crippen molar-refractivity contribution in [2.75, 3.05) is 7.11 Å². The lowest BCUT2D eigenvalue weighted by molar-refractivity contribution is -0.123. The molecule has 0 aliphatic heterocycles. The Balaban J connectivity index is 0.000000141. The molecule has 4 heteroatoms. The van der Waals surface area contributed by atoms with E-state index >= 15 is 0 Å². The minimum absolute atomic E-state index is 0.00350. The van der Waals surface area contributed by atoms with E-state index in [1.54, 1.807) is 13.2 Å². The average Bonchev–Trinajstić information content (AvgIpc) is 3.40. The number of carbonyl (C=O) groups is 3. The fraction of sp³-hybridized carbons (Fsp3) is 0.561. The van der Waals surface area contributed by atoms with Crippen LogP contribution >= 0.6 is 0 Å². The molecule has 7 aliphatic rings. The van der Waals surface area contributed by atoms with Crippen LogP contribution < -0.4 is 4.74 Å². The SMILES string of the molecule is COc1cc2c(cc1C)C13CC=CC(=O)[C@@H]2C1(C)CCCC3(C)C.Cc1ccc([C@@H]2C(=O)C=CC=C3C(C)(C)CCC[C@@]32C)cc1C.Cc1ccc([C@@H]2C(=O)CCC=C3C(C)(C)CCC[C@@]32C)cc1C. The lowest BCUT2D eigenvalue weighted by Gasteiger charge is -2.59. The Labute approximate surface area is 423 Å². The van der Waals surface area contributed by atoms with E-state index in [0.717, 1.165) is 37.9 Å². The molecule has 0 amide bonds. The van der Waals surface area contributed by atoms with Gasteiger partial charge in [-0.1, -0.05) is 159 Å². The predicted molar refractivity (Wildman–Crippen MR) is 290 cm³/mol. The molecule has 0 heterocycles. The van der Waals surface area contributed by atoms with E-state index in [4.69, 9.17) is 4.74 Å². The summed E-state index contributed by atoms with van der Waals surface area (Å²) < 4.78 is 5.59. The minimum atomic E-state index is -0.0793. The fourth-order valence-corrected chi connectivity index (χ4v) is 16.5. The number of carbonyl (C=O) groups excluding carboxylic acids is 3. The summed E-state index contributed by atoms with van der Waals surface area (Å²) in [5, 5.41) is 0. The molecule has 3 fully saturated rings. The van der Waals surface area contributed by atoms with Crippen molar-refractivity contribution < 1.29 is 19.1 Å². The average molecular weight is 943 g/mol. The van der Waals surface area contributed by atoms with Crippen LogP contribution in [-0.2, 0) is 19.8 Å². The number of Topliss-reactive ketones (excluding diaryl/α,β-unsaturated/α-hetero) is 1. The molecule has 3 saturated carbocycles. The molecule has 3 aromatic carbocycles. The molecule has 70 heavy (non-hydrogen) atoms. The summed E-state index contributed by atoms with van der Waals surface area (Å²) in [5.41, 5.74) is 14.9. The van der Waals surface area contributed by atoms with Gasteiger partial charge < -0.3 is 4.74 Å². The zero-order chi connectivity index (χ0) is 51.0. The molecule has 0 N–H and O–H groups in total. The van der Waals surface area contributed by atoms with Crippen molar-refractivity contribution in [2.45, 2.75) is 197 Å². The van der Waals surface area contributed by atoms with Gasteiger partial charge in [0, 0.05) is 22.7 Å². The Morgan fingerprint density at radius 3 is 1.71 bits per heavy atom. The molecule has 7 aliphatic carbocycles. The highest BCUT2D eigenvalue weighted by atomic mass is 16.5. The van der Waals surface area contributed by atoms with Crippen molar-refractivity contribution in [3.8, 4) is 5.75 Å². The standard InChI is InChI=1S/C22H28O2.C22H30O.C22H28O/c1-14-12-16-15(13-18(14)24-5)19-17(23)8-6-11-22(16)20(2,3)9-7-10-21(19,22)4;2*1-15-10-11-17(14-16(15)2)20-18(23)8-6-9-19-21(3,4)12-7-13-22(19,20)5/h6,8,12-13,19H,7,9-11H2,1-5H3;9-11,14,20H,6-8,12-13H2,1-5H3;6,8-11,14,20H,7,12-13H2,1-5H3/t19-,21?,22?;2*20-,22+/m111/s1. The van der Waals surface area contributed by atoms with Crippen LogP contribution in [0.25, 0.3) is 0 Å². The molecule has 7 atom stereocenters. The summed E-state index contributed by atoms with van der Waals surface area (Å²) >= 11 is 0. The largest absolute Gasteiger partial charge is 0.496 e. The topological polar surface area (TPSA) is 60.4 Å². The molecule has 0 radical (unpaired) electrons. The van der Waals surface area contributed by atoms with Gasteiger partial charge in [-0.15, -0.1) is 0 Å². The molecule has 0 spiro atoms. The second-order valence-corrected chi connectivity index (χ2v) is 25.7. The first kappa shape index (κ1) is 51.8. The second kappa shape index (κ2) is 18.5. The van der Waals surface area contributed by atoms with Crippen LogP contribution in [0.15, 0.2) is 96.1 Å². The lowest BCUT2D eigenvalue weighted by atomic mass is 9.44. The van der Waals surface area contributed by atoms with Crippen LogP contribution in [-0.4, -0.2) is 24.5 Å². The lowest BCUT2D eigenvalue weighted by Crippen LogP contribution is -2.55. The van der Waals surface area contributed by atoms with E-state index in [-0.39, 0.29) is 67.2 Å². The number of ether oxygens (including phenoxy) is 1. The summed E-state index contributed by atoms with van der Waals surface area (Å²) in [6.45, 7) is 32.0. The van der Waals surface area contributed by atoms with Gasteiger partial charge in [-0.25, -0.2) is 0 Å². The van der Waals surface area contributed by atoms with Crippen molar-refractivity contribution in [1.82, 2.24) is 0 Å². The summed E-state index contributed by atoms with van der Waals surface area (Å²) in [6, 6.07) is 17.7. The van der Waals surface area contributed by atoms with Gasteiger partial charge in [0.25, 0.3) is 0 Å². The molecule has 4 nitrogen and oxygen atoms in total. The maximum Gasteiger partial charge on any atom is 0.164 e. The van der Waals surface area contributed by atoms with Crippen molar-refractivity contribution in [3.05, 3.63) is 146 Å². The van der Waals surface area contributed by atoms with Gasteiger partial charge >= 0.3 is 0 Å². The molecule has 2 bridgehead atoms. The zero-order valence-electron chi connectivity index (χ0n) is 45.9. The van der Waals surface area contributed by atoms with Crippen molar-refractivity contribution in [3.63, 3.8) is 0 Å². The van der Waals surface area contributed by atoms with E-state index in [9.17, 15) is 14.4 Å². The van der Waals surface area contributed by atoms with Gasteiger partial charge in [0.05, 0.1) is 24.9 Å². The van der Waals surface area contributed by atoms with Gasteiger partial charge in [-0.05, 0) is 176 Å². The quantitative estimate of drug-likeness (QED) is 0.246. The van der Waals surface area contributed by atoms with Crippen LogP contribution in [0.2, 0.25) is 0 Å². The van der Waals surface area contributed by atoms with Crippen LogP contribution in [0.4, 0.5) is 0 Å². The van der Waals surface area contributed by atoms with Gasteiger partial charge in [-0.2, -0.15) is 0 Å². The Morgan fingerprint density at radius 1 is 0.557 bits per heavy atom. The Bertz CT molecular complexity index is 2710. The fourth-order valence-electron chi connectivity index (χ4n) is 16.5. The van der Waals surface area contributed by atoms with Gasteiger partial charge in [0.2, 0.25) is 0 Å². The van der Waals surface area contributed by atoms with Crippen molar-refractivity contribution >= 4 is 17.3 Å². The zero-order valence-corrected chi connectivity index (χ0v) is 45.9. The predicted octanol–water partition coefficient (Wildman–Crippen LogP) is 16.6. The highest BCUT2D eigenvalue weighted by Crippen LogP contribution is 2.73. The molecular formula is C66H86O4. The maximum absolute atomic E-state index is 13.1. The molecule has 2 unspecified atom stereocenters. The van der Waals surface area contributed by atoms with E-state index in [1.165, 1.54) is 99.7 Å². The van der Waals surface area contributed by atoms with Crippen LogP contribution in [0, 0.1) is 67.1 Å². The number of allylic oxidation sites excluding steroid dienone is 8. The highest BCUT2D eigenvalue weighted by Gasteiger charge is 2.68. The van der Waals surface area contributed by atoms with Crippen LogP contribution in [0.1, 0.15) is 207 Å². The summed E-state index contributed by atoms with van der Waals surface area (Å²) in [6.07, 6.45) is 25.6. The minimum Gasteiger partial charge on any atom is -0.496 e. The number of benzene rings is 3. The number of fused-ring (bicyclic) bond motifs is 4. The maximum atomic E-state index is 13.1. The number of rotatable bonds is 3. The van der Waals surface area contributed by atoms with Crippen molar-refractivity contribution in [1.29, 1.82) is 0 Å². The third-order valence-electron chi connectivity index (χ3n) is 20.2. The molecule has 0 aromatic heterocycles. The highest BCUT2D eigenvalue weighted by molar-refractivity contribution is 5.99. The third-order valence-corrected chi connectivity index (χ3v) is 20.2. The number of hydrogen-bond acceptors (Lipinski definition) is 4. The molecular weight excluding hydrogens is 857 g/mol. The summed E-state index contributed by atoms with van der Waals surface area (Å²) in [7, 11) is 1.72. The third kappa shape index (κ3) is 8.31. The van der Waals surface area contributed by atoms with E-state index in [2.05, 4.69) is 164 Å². The normalized spacial score (nSPS) is 32.1. The Hall–Kier alpha value is -4.57. The second-order valence-electron chi connectivity index (χ2n) is 25.7. The molecule has 0 saturated heterocycles. The monoisotopic (exact) mass is 943 g/mol. The number of methoxy groups -OCH3 is 1. The first-order chi connectivity index (χ1) is 32.8. The van der Waals surface area contributed by atoms with Gasteiger partial charge in [0.1, 0.15) is 11.5 Å². The summed E-state index contributed by atoms with van der Waals surface area (Å²) in [4.78, 5) is 39.1. The van der Waals surface area contributed by atoms with Crippen molar-refractivity contribution in [2.24, 2.45) is 32.5 Å². The van der Waals surface area contributed by atoms with E-state index < -0.39 is 0 Å². The number of hydrogen-bond donors (Lipinski definition) is 0. The smallest absolute Gasteiger partial charge is 0.164 e. The van der Waals surface area contributed by atoms with E-state index in [1.807, 2.05) is 12.2 Å².